The largest absolute Gasteiger partial charge is 0.399 e. The van der Waals surface area contributed by atoms with Gasteiger partial charge in [0.05, 0.1) is 6.10 Å². The average molecular weight is 234 g/mol. The van der Waals surface area contributed by atoms with Crippen molar-refractivity contribution in [1.82, 2.24) is 0 Å². The fourth-order valence-corrected chi connectivity index (χ4v) is 2.47. The molecule has 1 heterocycles. The monoisotopic (exact) mass is 234 g/mol. The number of piperidine rings is 1. The maximum Gasteiger partial charge on any atom is 0.0608 e. The lowest BCUT2D eigenvalue weighted by Crippen LogP contribution is -2.37. The van der Waals surface area contributed by atoms with E-state index in [2.05, 4.69) is 30.9 Å². The van der Waals surface area contributed by atoms with Crippen LogP contribution in [0.1, 0.15) is 25.3 Å². The molecule has 1 aliphatic heterocycles. The Balaban J connectivity index is 2.02. The van der Waals surface area contributed by atoms with E-state index >= 15 is 0 Å². The van der Waals surface area contributed by atoms with Crippen LogP contribution in [-0.2, 0) is 4.74 Å². The maximum atomic E-state index is 5.86. The highest BCUT2D eigenvalue weighted by molar-refractivity contribution is 5.61. The number of hydrogen-bond acceptors (Lipinski definition) is 3. The Morgan fingerprint density at radius 1 is 1.35 bits per heavy atom. The Bertz CT molecular complexity index is 370. The second-order valence-electron chi connectivity index (χ2n) is 4.69. The van der Waals surface area contributed by atoms with E-state index in [0.29, 0.717) is 6.10 Å². The van der Waals surface area contributed by atoms with Crippen LogP contribution in [0.25, 0.3) is 0 Å². The van der Waals surface area contributed by atoms with Crippen molar-refractivity contribution in [1.29, 1.82) is 0 Å². The third-order valence-corrected chi connectivity index (χ3v) is 3.42. The first-order chi connectivity index (χ1) is 8.20. The van der Waals surface area contributed by atoms with Gasteiger partial charge in [-0.15, -0.1) is 0 Å². The summed E-state index contributed by atoms with van der Waals surface area (Å²) in [5.74, 6) is 0. The summed E-state index contributed by atoms with van der Waals surface area (Å²) in [5, 5.41) is 0. The highest BCUT2D eigenvalue weighted by Crippen LogP contribution is 2.26. The Morgan fingerprint density at radius 2 is 2.06 bits per heavy atom. The molecule has 1 aromatic rings. The smallest absolute Gasteiger partial charge is 0.0608 e. The van der Waals surface area contributed by atoms with Gasteiger partial charge in [0.1, 0.15) is 0 Å². The van der Waals surface area contributed by atoms with Gasteiger partial charge in [-0.2, -0.15) is 0 Å². The van der Waals surface area contributed by atoms with Crippen molar-refractivity contribution in [2.45, 2.75) is 32.8 Å². The molecule has 0 atom stereocenters. The van der Waals surface area contributed by atoms with E-state index in [9.17, 15) is 0 Å². The molecule has 2 rings (SSSR count). The van der Waals surface area contributed by atoms with Gasteiger partial charge in [-0.25, -0.2) is 0 Å². The molecule has 3 heteroatoms. The zero-order valence-corrected chi connectivity index (χ0v) is 10.8. The topological polar surface area (TPSA) is 38.5 Å². The number of benzene rings is 1. The summed E-state index contributed by atoms with van der Waals surface area (Å²) in [6.07, 6.45) is 2.67. The molecular formula is C14H22N2O. The molecule has 0 aromatic heterocycles. The lowest BCUT2D eigenvalue weighted by atomic mass is 10.0. The number of nitrogen functional groups attached to an aromatic ring is 1. The highest BCUT2D eigenvalue weighted by atomic mass is 16.5. The van der Waals surface area contributed by atoms with Crippen LogP contribution in [0.4, 0.5) is 11.4 Å². The van der Waals surface area contributed by atoms with Crippen molar-refractivity contribution >= 4 is 11.4 Å². The minimum absolute atomic E-state index is 0.442. The Hall–Kier alpha value is -1.22. The van der Waals surface area contributed by atoms with E-state index in [1.807, 2.05) is 6.07 Å². The molecule has 0 saturated carbocycles. The summed E-state index contributed by atoms with van der Waals surface area (Å²) in [6.45, 7) is 7.16. The van der Waals surface area contributed by atoms with Gasteiger partial charge in [0.15, 0.2) is 0 Å². The Labute approximate surface area is 104 Å². The molecule has 1 aliphatic rings. The summed E-state index contributed by atoms with van der Waals surface area (Å²) in [6, 6.07) is 6.14. The Kier molecular flexibility index (Phi) is 3.89. The second-order valence-corrected chi connectivity index (χ2v) is 4.69. The number of nitrogens with two attached hydrogens (primary N) is 1. The van der Waals surface area contributed by atoms with Crippen molar-refractivity contribution in [3.8, 4) is 0 Å². The molecule has 0 radical (unpaired) electrons. The second kappa shape index (κ2) is 5.41. The zero-order chi connectivity index (χ0) is 12.3. The van der Waals surface area contributed by atoms with E-state index in [1.165, 1.54) is 11.3 Å². The van der Waals surface area contributed by atoms with Crippen LogP contribution >= 0.6 is 0 Å². The van der Waals surface area contributed by atoms with Gasteiger partial charge in [0.2, 0.25) is 0 Å². The van der Waals surface area contributed by atoms with E-state index in [-0.39, 0.29) is 0 Å². The number of aryl methyl sites for hydroxylation is 1. The van der Waals surface area contributed by atoms with Gasteiger partial charge in [-0.3, -0.25) is 0 Å². The first-order valence-electron chi connectivity index (χ1n) is 6.43. The average Bonchev–Trinajstić information content (AvgIpc) is 2.34. The molecule has 94 valence electrons. The number of rotatable bonds is 3. The SMILES string of the molecule is CCOC1CCN(c2cc(N)ccc2C)CC1. The zero-order valence-electron chi connectivity index (χ0n) is 10.8. The lowest BCUT2D eigenvalue weighted by molar-refractivity contribution is 0.0459. The van der Waals surface area contributed by atoms with Crippen molar-refractivity contribution < 1.29 is 4.74 Å². The van der Waals surface area contributed by atoms with Crippen molar-refractivity contribution in [3.63, 3.8) is 0 Å². The highest BCUT2D eigenvalue weighted by Gasteiger charge is 2.20. The predicted octanol–water partition coefficient (Wildman–Crippen LogP) is 2.58. The van der Waals surface area contributed by atoms with E-state index in [1.54, 1.807) is 0 Å². The predicted molar refractivity (Wildman–Crippen MR) is 72.5 cm³/mol. The van der Waals surface area contributed by atoms with Gasteiger partial charge in [0, 0.05) is 31.1 Å². The van der Waals surface area contributed by atoms with Crippen molar-refractivity contribution in [2.24, 2.45) is 0 Å². The molecule has 1 fully saturated rings. The summed E-state index contributed by atoms with van der Waals surface area (Å²) in [7, 11) is 0. The summed E-state index contributed by atoms with van der Waals surface area (Å²) in [4.78, 5) is 2.42. The number of hydrogen-bond donors (Lipinski definition) is 1. The van der Waals surface area contributed by atoms with E-state index < -0.39 is 0 Å². The van der Waals surface area contributed by atoms with Gasteiger partial charge in [-0.05, 0) is 44.4 Å². The number of ether oxygens (including phenoxy) is 1. The fraction of sp³-hybridized carbons (Fsp3) is 0.571. The molecule has 3 nitrogen and oxygen atoms in total. The van der Waals surface area contributed by atoms with Crippen LogP contribution in [0.15, 0.2) is 18.2 Å². The number of anilines is 2. The van der Waals surface area contributed by atoms with Gasteiger partial charge < -0.3 is 15.4 Å². The third kappa shape index (κ3) is 2.91. The molecule has 1 aromatic carbocycles. The van der Waals surface area contributed by atoms with Gasteiger partial charge >= 0.3 is 0 Å². The standard InChI is InChI=1S/C14H22N2O/c1-3-17-13-6-8-16(9-7-13)14-10-12(15)5-4-11(14)2/h4-5,10,13H,3,6-9,15H2,1-2H3. The third-order valence-electron chi connectivity index (χ3n) is 3.42. The molecule has 0 unspecified atom stereocenters. The quantitative estimate of drug-likeness (QED) is 0.817. The minimum atomic E-state index is 0.442. The maximum absolute atomic E-state index is 5.86. The van der Waals surface area contributed by atoms with Crippen LogP contribution in [0.2, 0.25) is 0 Å². The fourth-order valence-electron chi connectivity index (χ4n) is 2.47. The molecule has 1 saturated heterocycles. The molecule has 0 bridgehead atoms. The van der Waals surface area contributed by atoms with Gasteiger partial charge in [-0.1, -0.05) is 6.07 Å². The van der Waals surface area contributed by atoms with E-state index in [4.69, 9.17) is 10.5 Å². The summed E-state index contributed by atoms with van der Waals surface area (Å²) in [5.41, 5.74) is 9.28. The molecule has 17 heavy (non-hydrogen) atoms. The van der Waals surface area contributed by atoms with Crippen LogP contribution in [0.5, 0.6) is 0 Å². The van der Waals surface area contributed by atoms with Crippen molar-refractivity contribution in [2.75, 3.05) is 30.3 Å². The minimum Gasteiger partial charge on any atom is -0.399 e. The normalized spacial score (nSPS) is 17.4. The number of nitrogens with zero attached hydrogens (tertiary/aromatic N) is 1. The first-order valence-corrected chi connectivity index (χ1v) is 6.43. The van der Waals surface area contributed by atoms with Crippen molar-refractivity contribution in [3.05, 3.63) is 23.8 Å². The Morgan fingerprint density at radius 3 is 2.71 bits per heavy atom. The first kappa shape index (κ1) is 12.2. The van der Waals surface area contributed by atoms with Gasteiger partial charge in [0.25, 0.3) is 0 Å². The van der Waals surface area contributed by atoms with Crippen LogP contribution in [0.3, 0.4) is 0 Å². The van der Waals surface area contributed by atoms with E-state index in [0.717, 1.165) is 38.2 Å². The summed E-state index contributed by atoms with van der Waals surface area (Å²) < 4.78 is 5.67. The van der Waals surface area contributed by atoms with Crippen LogP contribution in [-0.4, -0.2) is 25.8 Å². The van der Waals surface area contributed by atoms with Crippen LogP contribution in [0, 0.1) is 6.92 Å². The molecule has 2 N–H and O–H groups in total. The molecule has 0 spiro atoms. The molecule has 0 aliphatic carbocycles. The van der Waals surface area contributed by atoms with Crippen LogP contribution < -0.4 is 10.6 Å². The molecular weight excluding hydrogens is 212 g/mol. The molecule has 0 amide bonds. The lowest BCUT2D eigenvalue weighted by Gasteiger charge is -2.34. The summed E-state index contributed by atoms with van der Waals surface area (Å²) >= 11 is 0.